The second-order valence-corrected chi connectivity index (χ2v) is 7.89. The Hall–Kier alpha value is -1.67. The standard InChI is InChI=1S/C14H19N3O4S/c1-14(2)10-21-8-6-17(14)13(18)11-4-3-5-16-7-9-22(19,20)15-12(11)16/h3-5H,6-10H2,1-2H3. The summed E-state index contributed by atoms with van der Waals surface area (Å²) in [5.74, 6) is -0.0229. The summed E-state index contributed by atoms with van der Waals surface area (Å²) in [6, 6.07) is 0. The van der Waals surface area contributed by atoms with Gasteiger partial charge in [0.2, 0.25) is 0 Å². The number of sulfonamides is 1. The third-order valence-electron chi connectivity index (χ3n) is 3.98. The van der Waals surface area contributed by atoms with E-state index in [-0.39, 0.29) is 17.5 Å². The quantitative estimate of drug-likeness (QED) is 0.684. The average molecular weight is 325 g/mol. The largest absolute Gasteiger partial charge is 0.377 e. The monoisotopic (exact) mass is 325 g/mol. The second-order valence-electron chi connectivity index (χ2n) is 6.14. The highest BCUT2D eigenvalue weighted by molar-refractivity contribution is 7.90. The minimum atomic E-state index is -3.50. The fourth-order valence-corrected chi connectivity index (χ4v) is 3.75. The van der Waals surface area contributed by atoms with Gasteiger partial charge in [0.05, 0.1) is 30.1 Å². The first-order valence-electron chi connectivity index (χ1n) is 7.18. The van der Waals surface area contributed by atoms with Crippen LogP contribution in [0.2, 0.25) is 0 Å². The van der Waals surface area contributed by atoms with Crippen LogP contribution < -0.4 is 0 Å². The van der Waals surface area contributed by atoms with Crippen LogP contribution in [-0.4, -0.2) is 67.6 Å². The number of carbonyl (C=O) groups is 1. The molecule has 0 saturated carbocycles. The van der Waals surface area contributed by atoms with E-state index in [1.54, 1.807) is 28.2 Å². The Kier molecular flexibility index (Phi) is 3.60. The normalized spacial score (nSPS) is 26.1. The number of allylic oxidation sites excluding steroid dienone is 2. The van der Waals surface area contributed by atoms with Crippen molar-refractivity contribution < 1.29 is 17.9 Å². The molecule has 0 aromatic heterocycles. The summed E-state index contributed by atoms with van der Waals surface area (Å²) in [4.78, 5) is 16.3. The lowest BCUT2D eigenvalue weighted by atomic mass is 9.99. The number of fused-ring (bicyclic) bond motifs is 1. The Balaban J connectivity index is 1.96. The van der Waals surface area contributed by atoms with Gasteiger partial charge < -0.3 is 14.5 Å². The molecule has 0 aliphatic carbocycles. The van der Waals surface area contributed by atoms with E-state index in [0.717, 1.165) is 0 Å². The van der Waals surface area contributed by atoms with Gasteiger partial charge in [-0.15, -0.1) is 4.40 Å². The van der Waals surface area contributed by atoms with Crippen LogP contribution >= 0.6 is 0 Å². The molecule has 0 radical (unpaired) electrons. The highest BCUT2D eigenvalue weighted by atomic mass is 32.2. The Morgan fingerprint density at radius 1 is 1.36 bits per heavy atom. The van der Waals surface area contributed by atoms with Crippen LogP contribution in [-0.2, 0) is 19.6 Å². The van der Waals surface area contributed by atoms with Crippen molar-refractivity contribution in [2.24, 2.45) is 4.40 Å². The fourth-order valence-electron chi connectivity index (χ4n) is 2.76. The first-order chi connectivity index (χ1) is 10.3. The van der Waals surface area contributed by atoms with Gasteiger partial charge in [-0.25, -0.2) is 8.42 Å². The van der Waals surface area contributed by atoms with Gasteiger partial charge in [-0.2, -0.15) is 0 Å². The summed E-state index contributed by atoms with van der Waals surface area (Å²) in [7, 11) is -3.50. The van der Waals surface area contributed by atoms with Gasteiger partial charge in [-0.3, -0.25) is 4.79 Å². The van der Waals surface area contributed by atoms with Gasteiger partial charge in [0, 0.05) is 19.3 Å². The molecule has 0 atom stereocenters. The van der Waals surface area contributed by atoms with E-state index < -0.39 is 15.6 Å². The molecule has 0 aromatic carbocycles. The molecular formula is C14H19N3O4S. The average Bonchev–Trinajstić information content (AvgIpc) is 2.44. The maximum absolute atomic E-state index is 12.9. The van der Waals surface area contributed by atoms with Crippen molar-refractivity contribution in [2.45, 2.75) is 19.4 Å². The van der Waals surface area contributed by atoms with Crippen LogP contribution in [0.1, 0.15) is 13.8 Å². The number of ether oxygens (including phenoxy) is 1. The number of amides is 1. The zero-order valence-electron chi connectivity index (χ0n) is 12.7. The first-order valence-corrected chi connectivity index (χ1v) is 8.79. The smallest absolute Gasteiger partial charge is 0.258 e. The molecule has 3 rings (SSSR count). The number of hydrogen-bond donors (Lipinski definition) is 0. The molecule has 22 heavy (non-hydrogen) atoms. The lowest BCUT2D eigenvalue weighted by Gasteiger charge is -2.43. The molecule has 0 bridgehead atoms. The summed E-state index contributed by atoms with van der Waals surface area (Å²) in [5, 5.41) is 0. The minimum absolute atomic E-state index is 0.0364. The Morgan fingerprint density at radius 2 is 2.14 bits per heavy atom. The zero-order valence-corrected chi connectivity index (χ0v) is 13.5. The summed E-state index contributed by atoms with van der Waals surface area (Å²) in [6.07, 6.45) is 5.12. The Morgan fingerprint density at radius 3 is 2.86 bits per heavy atom. The minimum Gasteiger partial charge on any atom is -0.377 e. The van der Waals surface area contributed by atoms with Crippen molar-refractivity contribution in [3.05, 3.63) is 23.9 Å². The van der Waals surface area contributed by atoms with Crippen LogP contribution in [0.25, 0.3) is 0 Å². The number of morpholine rings is 1. The molecule has 0 aromatic rings. The molecular weight excluding hydrogens is 306 g/mol. The molecule has 0 N–H and O–H groups in total. The van der Waals surface area contributed by atoms with Crippen molar-refractivity contribution in [1.29, 1.82) is 0 Å². The number of nitrogens with zero attached hydrogens (tertiary/aromatic N) is 3. The van der Waals surface area contributed by atoms with E-state index in [2.05, 4.69) is 4.40 Å². The van der Waals surface area contributed by atoms with Gasteiger partial charge in [0.15, 0.2) is 5.84 Å². The van der Waals surface area contributed by atoms with Crippen molar-refractivity contribution in [3.8, 4) is 0 Å². The first kappa shape index (κ1) is 15.2. The third kappa shape index (κ3) is 2.68. The maximum Gasteiger partial charge on any atom is 0.258 e. The van der Waals surface area contributed by atoms with Crippen LogP contribution in [0.15, 0.2) is 28.3 Å². The van der Waals surface area contributed by atoms with Gasteiger partial charge in [-0.05, 0) is 26.0 Å². The van der Waals surface area contributed by atoms with E-state index in [1.807, 2.05) is 13.8 Å². The van der Waals surface area contributed by atoms with Crippen LogP contribution in [0.3, 0.4) is 0 Å². The number of amidine groups is 1. The molecule has 120 valence electrons. The summed E-state index contributed by atoms with van der Waals surface area (Å²) < 4.78 is 32.8. The van der Waals surface area contributed by atoms with Crippen molar-refractivity contribution in [2.75, 3.05) is 32.1 Å². The number of hydrogen-bond acceptors (Lipinski definition) is 5. The molecule has 3 heterocycles. The maximum atomic E-state index is 12.9. The van der Waals surface area contributed by atoms with Crippen LogP contribution in [0.4, 0.5) is 0 Å². The second kappa shape index (κ2) is 5.20. The summed E-state index contributed by atoms with van der Waals surface area (Å²) in [6.45, 7) is 5.59. The zero-order chi connectivity index (χ0) is 16.0. The van der Waals surface area contributed by atoms with Gasteiger partial charge in [0.25, 0.3) is 15.9 Å². The third-order valence-corrected chi connectivity index (χ3v) is 5.13. The van der Waals surface area contributed by atoms with Gasteiger partial charge in [0.1, 0.15) is 0 Å². The Labute approximate surface area is 130 Å². The topological polar surface area (TPSA) is 79.3 Å². The van der Waals surface area contributed by atoms with E-state index in [0.29, 0.717) is 31.9 Å². The summed E-state index contributed by atoms with van der Waals surface area (Å²) in [5.41, 5.74) is -0.114. The molecule has 3 aliphatic heterocycles. The van der Waals surface area contributed by atoms with Crippen molar-refractivity contribution in [1.82, 2.24) is 9.80 Å². The van der Waals surface area contributed by atoms with Gasteiger partial charge >= 0.3 is 0 Å². The van der Waals surface area contributed by atoms with E-state index in [1.165, 1.54) is 0 Å². The molecule has 1 amide bonds. The predicted octanol–water partition coefficient (Wildman–Crippen LogP) is 0.121. The summed E-state index contributed by atoms with van der Waals surface area (Å²) >= 11 is 0. The Bertz CT molecular complexity index is 691. The number of rotatable bonds is 1. The molecule has 7 nitrogen and oxygen atoms in total. The molecule has 8 heteroatoms. The molecule has 0 spiro atoms. The van der Waals surface area contributed by atoms with Crippen LogP contribution in [0.5, 0.6) is 0 Å². The predicted molar refractivity (Wildman–Crippen MR) is 81.8 cm³/mol. The lowest BCUT2D eigenvalue weighted by molar-refractivity contribution is -0.141. The molecule has 3 aliphatic rings. The van der Waals surface area contributed by atoms with Crippen LogP contribution in [0, 0.1) is 0 Å². The van der Waals surface area contributed by atoms with Gasteiger partial charge in [-0.1, -0.05) is 0 Å². The van der Waals surface area contributed by atoms with E-state index >= 15 is 0 Å². The molecule has 0 unspecified atom stereocenters. The van der Waals surface area contributed by atoms with Crippen molar-refractivity contribution in [3.63, 3.8) is 0 Å². The van der Waals surface area contributed by atoms with E-state index in [9.17, 15) is 13.2 Å². The molecule has 1 saturated heterocycles. The highest BCUT2D eigenvalue weighted by Crippen LogP contribution is 2.25. The SMILES string of the molecule is CC1(C)COCCN1C(=O)C1=CC=CN2CCS(=O)(=O)N=C12. The lowest BCUT2D eigenvalue weighted by Crippen LogP contribution is -2.57. The van der Waals surface area contributed by atoms with Crippen molar-refractivity contribution >= 4 is 21.8 Å². The molecule has 1 fully saturated rings. The van der Waals surface area contributed by atoms with E-state index in [4.69, 9.17) is 4.74 Å². The fraction of sp³-hybridized carbons (Fsp3) is 0.571. The highest BCUT2D eigenvalue weighted by Gasteiger charge is 2.38. The number of carbonyl (C=O) groups excluding carboxylic acids is 1.